The fourth-order valence-corrected chi connectivity index (χ4v) is 6.65. The minimum atomic E-state index is -1.52. The number of benzene rings is 1. The summed E-state index contributed by atoms with van der Waals surface area (Å²) in [6, 6.07) is 5.38. The van der Waals surface area contributed by atoms with Gasteiger partial charge in [-0.25, -0.2) is 0 Å². The first-order valence-electron chi connectivity index (χ1n) is 11.4. The van der Waals surface area contributed by atoms with Crippen LogP contribution < -0.4 is 4.74 Å². The average molecular weight is 467 g/mol. The summed E-state index contributed by atoms with van der Waals surface area (Å²) in [5.41, 5.74) is 2.25. The minimum absolute atomic E-state index is 0.271. The second-order valence-electron chi connectivity index (χ2n) is 9.75. The Balaban J connectivity index is 1.44. The number of hydrogen-bond donors (Lipinski definition) is 4. The lowest BCUT2D eigenvalue weighted by molar-refractivity contribution is -0.277. The molecule has 0 aromatic heterocycles. The van der Waals surface area contributed by atoms with Gasteiger partial charge < -0.3 is 34.6 Å². The highest BCUT2D eigenvalue weighted by atomic mass is 35.5. The quantitative estimate of drug-likeness (QED) is 0.493. The van der Waals surface area contributed by atoms with E-state index in [-0.39, 0.29) is 5.75 Å². The van der Waals surface area contributed by atoms with Crippen molar-refractivity contribution in [2.24, 2.45) is 23.7 Å². The molecular weight excluding hydrogens is 436 g/mol. The topological polar surface area (TPSA) is 109 Å². The molecule has 8 heteroatoms. The largest absolute Gasteiger partial charge is 0.496 e. The van der Waals surface area contributed by atoms with Crippen LogP contribution in [-0.4, -0.2) is 64.8 Å². The van der Waals surface area contributed by atoms with E-state index in [1.165, 1.54) is 37.7 Å². The van der Waals surface area contributed by atoms with Crippen LogP contribution in [-0.2, 0) is 9.47 Å². The molecule has 1 saturated heterocycles. The lowest BCUT2D eigenvalue weighted by Crippen LogP contribution is -2.60. The number of rotatable bonds is 5. The normalized spacial score (nSPS) is 40.4. The SMILES string of the molecule is COC(=C1C2CC3CC(C2)CC1C3)c1ccc(Cl)c(OC2OC(CO)C(O)C(O)C2O)c1. The number of aliphatic hydroxyl groups excluding tert-OH is 4. The highest BCUT2D eigenvalue weighted by Gasteiger charge is 2.47. The van der Waals surface area contributed by atoms with Gasteiger partial charge in [-0.2, -0.15) is 0 Å². The van der Waals surface area contributed by atoms with E-state index in [4.69, 9.17) is 25.8 Å². The summed E-state index contributed by atoms with van der Waals surface area (Å²) in [5.74, 6) is 3.95. The van der Waals surface area contributed by atoms with Crippen molar-refractivity contribution in [2.45, 2.75) is 62.8 Å². The van der Waals surface area contributed by atoms with E-state index in [2.05, 4.69) is 0 Å². The van der Waals surface area contributed by atoms with Crippen LogP contribution in [0.15, 0.2) is 23.8 Å². The summed E-state index contributed by atoms with van der Waals surface area (Å²) >= 11 is 6.37. The standard InChI is InChI=1S/C24H31ClO7/c1-30-23(19-14-5-11-4-12(7-14)8-15(19)6-11)13-2-3-16(25)17(9-13)31-24-22(29)21(28)20(27)18(10-26)32-24/h2-3,9,11-12,14-15,18,20-22,24,26-29H,4-8,10H2,1H3. The predicted molar refractivity (Wildman–Crippen MR) is 117 cm³/mol. The lowest BCUT2D eigenvalue weighted by atomic mass is 9.54. The van der Waals surface area contributed by atoms with Crippen LogP contribution in [0.1, 0.15) is 37.7 Å². The second-order valence-corrected chi connectivity index (χ2v) is 10.2. The van der Waals surface area contributed by atoms with Crippen molar-refractivity contribution < 1.29 is 34.6 Å². The van der Waals surface area contributed by atoms with Crippen molar-refractivity contribution in [2.75, 3.05) is 13.7 Å². The number of allylic oxidation sites excluding steroid dienone is 1. The molecule has 5 unspecified atom stereocenters. The van der Waals surface area contributed by atoms with E-state index in [1.807, 2.05) is 6.07 Å². The monoisotopic (exact) mass is 466 g/mol. The highest BCUT2D eigenvalue weighted by Crippen LogP contribution is 2.58. The molecule has 0 amide bonds. The van der Waals surface area contributed by atoms with Crippen molar-refractivity contribution in [3.63, 3.8) is 0 Å². The number of ether oxygens (including phenoxy) is 3. The molecule has 5 aliphatic rings. The Kier molecular flexibility index (Phi) is 6.16. The number of aliphatic hydroxyl groups is 4. The van der Waals surface area contributed by atoms with Crippen molar-refractivity contribution in [1.82, 2.24) is 0 Å². The average Bonchev–Trinajstić information content (AvgIpc) is 2.77. The van der Waals surface area contributed by atoms with Crippen LogP contribution in [0.5, 0.6) is 5.75 Å². The summed E-state index contributed by atoms with van der Waals surface area (Å²) in [6.07, 6.45) is -0.501. The molecule has 1 aromatic carbocycles. The van der Waals surface area contributed by atoms with Crippen LogP contribution in [0, 0.1) is 23.7 Å². The number of hydrogen-bond acceptors (Lipinski definition) is 7. The number of halogens is 1. The van der Waals surface area contributed by atoms with Gasteiger partial charge in [0.05, 0.1) is 18.7 Å². The Morgan fingerprint density at radius 2 is 1.66 bits per heavy atom. The molecule has 4 N–H and O–H groups in total. The van der Waals surface area contributed by atoms with Gasteiger partial charge in [0.1, 0.15) is 35.9 Å². The maximum Gasteiger partial charge on any atom is 0.229 e. The third kappa shape index (κ3) is 3.83. The van der Waals surface area contributed by atoms with E-state index in [9.17, 15) is 20.4 Å². The minimum Gasteiger partial charge on any atom is -0.496 e. The smallest absolute Gasteiger partial charge is 0.229 e. The van der Waals surface area contributed by atoms with Crippen LogP contribution in [0.3, 0.4) is 0 Å². The molecule has 1 aliphatic heterocycles. The second kappa shape index (κ2) is 8.78. The molecule has 4 bridgehead atoms. The maximum atomic E-state index is 10.3. The first-order chi connectivity index (χ1) is 15.4. The summed E-state index contributed by atoms with van der Waals surface area (Å²) in [5, 5.41) is 40.1. The number of methoxy groups -OCH3 is 1. The van der Waals surface area contributed by atoms with Gasteiger partial charge in [0.15, 0.2) is 0 Å². The summed E-state index contributed by atoms with van der Waals surface area (Å²) in [6.45, 7) is -0.525. The molecule has 4 aliphatic carbocycles. The van der Waals surface area contributed by atoms with Crippen LogP contribution in [0.25, 0.3) is 5.76 Å². The molecule has 6 rings (SSSR count). The summed E-state index contributed by atoms with van der Waals surface area (Å²) < 4.78 is 17.2. The highest BCUT2D eigenvalue weighted by molar-refractivity contribution is 6.32. The van der Waals surface area contributed by atoms with E-state index < -0.39 is 37.3 Å². The van der Waals surface area contributed by atoms with Crippen LogP contribution in [0.2, 0.25) is 5.02 Å². The molecule has 7 nitrogen and oxygen atoms in total. The summed E-state index contributed by atoms with van der Waals surface area (Å²) in [7, 11) is 1.69. The zero-order valence-electron chi connectivity index (χ0n) is 18.1. The van der Waals surface area contributed by atoms with E-state index in [0.717, 1.165) is 23.2 Å². The van der Waals surface area contributed by atoms with Gasteiger partial charge in [0, 0.05) is 5.56 Å². The molecule has 0 radical (unpaired) electrons. The van der Waals surface area contributed by atoms with Gasteiger partial charge in [0.2, 0.25) is 6.29 Å². The fraction of sp³-hybridized carbons (Fsp3) is 0.667. The van der Waals surface area contributed by atoms with Gasteiger partial charge in [0.25, 0.3) is 0 Å². The lowest BCUT2D eigenvalue weighted by Gasteiger charge is -2.51. The molecule has 5 atom stereocenters. The Morgan fingerprint density at radius 3 is 2.25 bits per heavy atom. The van der Waals surface area contributed by atoms with Crippen LogP contribution in [0.4, 0.5) is 0 Å². The Morgan fingerprint density at radius 1 is 1.00 bits per heavy atom. The molecule has 32 heavy (non-hydrogen) atoms. The van der Waals surface area contributed by atoms with Crippen molar-refractivity contribution in [1.29, 1.82) is 0 Å². The zero-order valence-corrected chi connectivity index (χ0v) is 18.8. The maximum absolute atomic E-state index is 10.3. The van der Waals surface area contributed by atoms with Gasteiger partial charge in [-0.15, -0.1) is 0 Å². The molecule has 176 valence electrons. The third-order valence-electron chi connectivity index (χ3n) is 7.77. The van der Waals surface area contributed by atoms with Gasteiger partial charge in [-0.1, -0.05) is 11.6 Å². The Labute approximate surface area is 192 Å². The van der Waals surface area contributed by atoms with Gasteiger partial charge in [-0.05, 0) is 79.5 Å². The first-order valence-corrected chi connectivity index (χ1v) is 11.8. The first kappa shape index (κ1) is 22.4. The zero-order chi connectivity index (χ0) is 22.6. The van der Waals surface area contributed by atoms with Crippen LogP contribution >= 0.6 is 11.6 Å². The van der Waals surface area contributed by atoms with Gasteiger partial charge >= 0.3 is 0 Å². The van der Waals surface area contributed by atoms with E-state index in [0.29, 0.717) is 16.9 Å². The Bertz CT molecular complexity index is 855. The van der Waals surface area contributed by atoms with Crippen molar-refractivity contribution >= 4 is 17.4 Å². The molecule has 5 fully saturated rings. The molecule has 0 spiro atoms. The fourth-order valence-electron chi connectivity index (χ4n) is 6.49. The molecular formula is C24H31ClO7. The predicted octanol–water partition coefficient (Wildman–Crippen LogP) is 2.33. The van der Waals surface area contributed by atoms with Gasteiger partial charge in [-0.3, -0.25) is 0 Å². The summed E-state index contributed by atoms with van der Waals surface area (Å²) in [4.78, 5) is 0. The van der Waals surface area contributed by atoms with Crippen molar-refractivity contribution in [3.8, 4) is 5.75 Å². The molecule has 1 aromatic rings. The Hall–Kier alpha value is -1.35. The molecule has 1 heterocycles. The molecule has 4 saturated carbocycles. The third-order valence-corrected chi connectivity index (χ3v) is 8.08. The van der Waals surface area contributed by atoms with E-state index in [1.54, 1.807) is 19.2 Å². The van der Waals surface area contributed by atoms with E-state index >= 15 is 0 Å². The van der Waals surface area contributed by atoms with Crippen molar-refractivity contribution in [3.05, 3.63) is 34.4 Å².